The molecule has 0 radical (unpaired) electrons. The number of hydrogen-bond donors (Lipinski definition) is 0. The molecule has 0 spiro atoms. The summed E-state index contributed by atoms with van der Waals surface area (Å²) in [5.41, 5.74) is 0.827. The number of halogens is 1. The van der Waals surface area contributed by atoms with Gasteiger partial charge in [-0.15, -0.1) is 21.5 Å². The van der Waals surface area contributed by atoms with Crippen molar-refractivity contribution in [1.29, 1.82) is 0 Å². The van der Waals surface area contributed by atoms with Crippen LogP contribution in [0.25, 0.3) is 5.65 Å². The second kappa shape index (κ2) is 4.04. The monoisotopic (exact) mass is 268 g/mol. The first-order chi connectivity index (χ1) is 7.83. The van der Waals surface area contributed by atoms with Crippen LogP contribution in [0.2, 0.25) is 5.15 Å². The molecule has 3 aromatic rings. The molecule has 0 saturated heterocycles. The molecule has 0 aliphatic heterocycles. The third kappa shape index (κ3) is 1.79. The van der Waals surface area contributed by atoms with Crippen LogP contribution < -0.4 is 0 Å². The molecule has 0 aromatic carbocycles. The van der Waals surface area contributed by atoms with Crippen molar-refractivity contribution in [3.63, 3.8) is 0 Å². The number of aromatic nitrogens is 4. The topological polar surface area (TPSA) is 43.1 Å². The molecular formula is C9H5ClN4S2. The number of thiazole rings is 1. The first kappa shape index (κ1) is 10.1. The molecule has 0 atom stereocenters. The van der Waals surface area contributed by atoms with Crippen molar-refractivity contribution in [2.75, 3.05) is 0 Å². The van der Waals surface area contributed by atoms with Crippen molar-refractivity contribution in [2.24, 2.45) is 0 Å². The molecule has 0 fully saturated rings. The van der Waals surface area contributed by atoms with Gasteiger partial charge in [-0.25, -0.2) is 4.98 Å². The number of rotatable bonds is 2. The van der Waals surface area contributed by atoms with Crippen LogP contribution in [0.4, 0.5) is 0 Å². The van der Waals surface area contributed by atoms with Gasteiger partial charge >= 0.3 is 0 Å². The Bertz CT molecular complexity index is 633. The van der Waals surface area contributed by atoms with E-state index < -0.39 is 0 Å². The third-order valence-electron chi connectivity index (χ3n) is 1.92. The SMILES string of the molecule is Clc1csc(Sc2nnc3ccccn23)n1. The van der Waals surface area contributed by atoms with E-state index in [9.17, 15) is 0 Å². The lowest BCUT2D eigenvalue weighted by Gasteiger charge is -1.94. The molecule has 0 aliphatic rings. The lowest BCUT2D eigenvalue weighted by atomic mass is 10.5. The minimum atomic E-state index is 0.515. The predicted molar refractivity (Wildman–Crippen MR) is 64.2 cm³/mol. The van der Waals surface area contributed by atoms with Crippen LogP contribution in [0, 0.1) is 0 Å². The van der Waals surface area contributed by atoms with E-state index in [2.05, 4.69) is 15.2 Å². The van der Waals surface area contributed by atoms with Crippen molar-refractivity contribution in [1.82, 2.24) is 19.6 Å². The van der Waals surface area contributed by atoms with Gasteiger partial charge in [-0.1, -0.05) is 17.7 Å². The Kier molecular flexibility index (Phi) is 2.55. The normalized spacial score (nSPS) is 11.1. The standard InChI is InChI=1S/C9H5ClN4S2/c10-6-5-15-9(11-6)16-8-13-12-7-3-1-2-4-14(7)8/h1-5H. The highest BCUT2D eigenvalue weighted by Crippen LogP contribution is 2.30. The van der Waals surface area contributed by atoms with Crippen LogP contribution in [-0.2, 0) is 0 Å². The summed E-state index contributed by atoms with van der Waals surface area (Å²) in [4.78, 5) is 4.16. The predicted octanol–water partition coefficient (Wildman–Crippen LogP) is 2.99. The summed E-state index contributed by atoms with van der Waals surface area (Å²) in [5, 5.41) is 11.3. The maximum absolute atomic E-state index is 5.76. The van der Waals surface area contributed by atoms with Gasteiger partial charge in [-0.05, 0) is 23.9 Å². The third-order valence-corrected chi connectivity index (χ3v) is 4.14. The highest BCUT2D eigenvalue weighted by Gasteiger charge is 2.09. The Morgan fingerprint density at radius 2 is 2.25 bits per heavy atom. The fourth-order valence-electron chi connectivity index (χ4n) is 1.25. The summed E-state index contributed by atoms with van der Waals surface area (Å²) < 4.78 is 2.78. The van der Waals surface area contributed by atoms with E-state index in [1.807, 2.05) is 28.8 Å². The first-order valence-corrected chi connectivity index (χ1v) is 6.49. The minimum absolute atomic E-state index is 0.515. The molecule has 0 N–H and O–H groups in total. The largest absolute Gasteiger partial charge is 0.277 e. The molecule has 16 heavy (non-hydrogen) atoms. The van der Waals surface area contributed by atoms with E-state index in [0.717, 1.165) is 15.1 Å². The number of fused-ring (bicyclic) bond motifs is 1. The maximum atomic E-state index is 5.76. The Balaban J connectivity index is 2.00. The van der Waals surface area contributed by atoms with Gasteiger partial charge in [-0.3, -0.25) is 4.40 Å². The molecule has 3 aromatic heterocycles. The zero-order valence-corrected chi connectivity index (χ0v) is 10.3. The average molecular weight is 269 g/mol. The summed E-state index contributed by atoms with van der Waals surface area (Å²) in [7, 11) is 0. The van der Waals surface area contributed by atoms with Crippen LogP contribution in [-0.4, -0.2) is 19.6 Å². The molecule has 0 aliphatic carbocycles. The van der Waals surface area contributed by atoms with E-state index >= 15 is 0 Å². The Hall–Kier alpha value is -1.11. The average Bonchev–Trinajstić information content (AvgIpc) is 2.87. The maximum Gasteiger partial charge on any atom is 0.202 e. The van der Waals surface area contributed by atoms with E-state index in [0.29, 0.717) is 5.15 Å². The van der Waals surface area contributed by atoms with Gasteiger partial charge in [0.15, 0.2) is 9.99 Å². The van der Waals surface area contributed by atoms with Crippen molar-refractivity contribution < 1.29 is 0 Å². The summed E-state index contributed by atoms with van der Waals surface area (Å²) in [6, 6.07) is 5.78. The van der Waals surface area contributed by atoms with Gasteiger partial charge < -0.3 is 0 Å². The molecule has 3 heterocycles. The van der Waals surface area contributed by atoms with Gasteiger partial charge in [0.2, 0.25) is 5.16 Å². The molecule has 80 valence electrons. The van der Waals surface area contributed by atoms with Crippen molar-refractivity contribution >= 4 is 40.3 Å². The zero-order valence-electron chi connectivity index (χ0n) is 7.87. The first-order valence-electron chi connectivity index (χ1n) is 4.41. The van der Waals surface area contributed by atoms with Crippen LogP contribution >= 0.6 is 34.7 Å². The lowest BCUT2D eigenvalue weighted by Crippen LogP contribution is -1.85. The summed E-state index contributed by atoms with van der Waals surface area (Å²) in [6.45, 7) is 0. The summed E-state index contributed by atoms with van der Waals surface area (Å²) in [5.74, 6) is 0. The van der Waals surface area contributed by atoms with E-state index in [4.69, 9.17) is 11.6 Å². The molecular weight excluding hydrogens is 264 g/mol. The molecule has 7 heteroatoms. The molecule has 0 saturated carbocycles. The minimum Gasteiger partial charge on any atom is -0.277 e. The Morgan fingerprint density at radius 1 is 1.31 bits per heavy atom. The molecule has 0 amide bonds. The molecule has 4 nitrogen and oxygen atoms in total. The molecule has 0 unspecified atom stereocenters. The second-order valence-electron chi connectivity index (χ2n) is 2.95. The van der Waals surface area contributed by atoms with Crippen molar-refractivity contribution in [3.05, 3.63) is 34.9 Å². The fraction of sp³-hybridized carbons (Fsp3) is 0. The zero-order chi connectivity index (χ0) is 11.0. The quantitative estimate of drug-likeness (QED) is 0.717. The Labute approximate surface area is 104 Å². The van der Waals surface area contributed by atoms with Gasteiger partial charge in [0.25, 0.3) is 0 Å². The number of nitrogens with zero attached hydrogens (tertiary/aromatic N) is 4. The van der Waals surface area contributed by atoms with Gasteiger partial charge in [0, 0.05) is 11.6 Å². The van der Waals surface area contributed by atoms with Crippen molar-refractivity contribution in [3.8, 4) is 0 Å². The van der Waals surface area contributed by atoms with E-state index in [1.165, 1.54) is 23.1 Å². The highest BCUT2D eigenvalue weighted by molar-refractivity contribution is 8.00. The van der Waals surface area contributed by atoms with E-state index in [1.54, 1.807) is 5.38 Å². The van der Waals surface area contributed by atoms with Gasteiger partial charge in [0.05, 0.1) is 0 Å². The second-order valence-corrected chi connectivity index (χ2v) is 5.41. The number of hydrogen-bond acceptors (Lipinski definition) is 5. The highest BCUT2D eigenvalue weighted by atomic mass is 35.5. The van der Waals surface area contributed by atoms with Crippen LogP contribution in [0.1, 0.15) is 0 Å². The lowest BCUT2D eigenvalue weighted by molar-refractivity contribution is 0.920. The van der Waals surface area contributed by atoms with Crippen molar-refractivity contribution in [2.45, 2.75) is 9.50 Å². The number of pyridine rings is 1. The molecule has 0 bridgehead atoms. The van der Waals surface area contributed by atoms with Crippen LogP contribution in [0.3, 0.4) is 0 Å². The van der Waals surface area contributed by atoms with Gasteiger partial charge in [0.1, 0.15) is 5.15 Å². The molecule has 3 rings (SSSR count). The van der Waals surface area contributed by atoms with Crippen LogP contribution in [0.5, 0.6) is 0 Å². The van der Waals surface area contributed by atoms with Gasteiger partial charge in [-0.2, -0.15) is 0 Å². The van der Waals surface area contributed by atoms with Crippen LogP contribution in [0.15, 0.2) is 39.3 Å². The smallest absolute Gasteiger partial charge is 0.202 e. The Morgan fingerprint density at radius 3 is 3.06 bits per heavy atom. The summed E-state index contributed by atoms with van der Waals surface area (Å²) >= 11 is 8.71. The summed E-state index contributed by atoms with van der Waals surface area (Å²) in [6.07, 6.45) is 1.92. The van der Waals surface area contributed by atoms with E-state index in [-0.39, 0.29) is 0 Å². The fourth-order valence-corrected chi connectivity index (χ4v) is 3.17.